The highest BCUT2D eigenvalue weighted by Crippen LogP contribution is 2.21. The normalized spacial score (nSPS) is 17.3. The fourth-order valence-electron chi connectivity index (χ4n) is 3.81. The lowest BCUT2D eigenvalue weighted by atomic mass is 9.95. The molecule has 0 bridgehead atoms. The van der Waals surface area contributed by atoms with Crippen LogP contribution in [0.5, 0.6) is 5.88 Å². The van der Waals surface area contributed by atoms with E-state index in [0.29, 0.717) is 21.6 Å². The molecule has 0 saturated carbocycles. The summed E-state index contributed by atoms with van der Waals surface area (Å²) in [5, 5.41) is 3.31. The van der Waals surface area contributed by atoms with Crippen LogP contribution in [0.2, 0.25) is 6.04 Å². The first kappa shape index (κ1) is 27.6. The zero-order valence-corrected chi connectivity index (χ0v) is 22.3. The maximum atomic E-state index is 5.95. The Morgan fingerprint density at radius 3 is 2.52 bits per heavy atom. The van der Waals surface area contributed by atoms with Crippen LogP contribution in [0.25, 0.3) is 5.57 Å². The summed E-state index contributed by atoms with van der Waals surface area (Å²) in [6.07, 6.45) is 22.3. The van der Waals surface area contributed by atoms with Gasteiger partial charge in [0, 0.05) is 18.4 Å². The Labute approximate surface area is 204 Å². The minimum atomic E-state index is -0.0695. The van der Waals surface area contributed by atoms with E-state index in [1.807, 2.05) is 12.3 Å². The maximum absolute atomic E-state index is 5.95. The number of dihydropyridines is 1. The largest absolute Gasteiger partial charge is 0.527 e. The predicted octanol–water partition coefficient (Wildman–Crippen LogP) is 6.95. The van der Waals surface area contributed by atoms with E-state index in [2.05, 4.69) is 49.1 Å². The second kappa shape index (κ2) is 16.9. The number of aromatic nitrogens is 2. The Hall–Kier alpha value is -1.66. The topological polar surface area (TPSA) is 56.3 Å². The van der Waals surface area contributed by atoms with Crippen molar-refractivity contribution in [3.63, 3.8) is 0 Å². The summed E-state index contributed by atoms with van der Waals surface area (Å²) in [6.45, 7) is 10.0. The molecule has 5 nitrogen and oxygen atoms in total. The molecule has 0 saturated heterocycles. The molecule has 184 valence electrons. The first-order chi connectivity index (χ1) is 16.1. The van der Waals surface area contributed by atoms with Crippen molar-refractivity contribution in [3.8, 4) is 5.88 Å². The number of hydrogen-bond acceptors (Lipinski definition) is 5. The van der Waals surface area contributed by atoms with Crippen LogP contribution in [0.3, 0.4) is 0 Å². The molecule has 2 heterocycles. The van der Waals surface area contributed by atoms with Gasteiger partial charge in [0.05, 0.1) is 18.1 Å². The maximum Gasteiger partial charge on any atom is 0.313 e. The Kier molecular flexibility index (Phi) is 14.1. The van der Waals surface area contributed by atoms with Gasteiger partial charge in [-0.3, -0.25) is 4.98 Å². The van der Waals surface area contributed by atoms with Gasteiger partial charge in [-0.1, -0.05) is 91.6 Å². The first-order valence-electron chi connectivity index (χ1n) is 13.1. The Bertz CT molecular complexity index is 710. The van der Waals surface area contributed by atoms with E-state index in [0.717, 1.165) is 36.3 Å². The van der Waals surface area contributed by atoms with E-state index >= 15 is 0 Å². The zero-order valence-electron chi connectivity index (χ0n) is 21.3. The van der Waals surface area contributed by atoms with Crippen molar-refractivity contribution in [3.05, 3.63) is 36.4 Å². The van der Waals surface area contributed by atoms with Gasteiger partial charge >= 0.3 is 9.76 Å². The summed E-state index contributed by atoms with van der Waals surface area (Å²) in [7, 11) is 0.419. The molecular formula is C27H45N3O2Si. The van der Waals surface area contributed by atoms with Gasteiger partial charge < -0.3 is 14.5 Å². The van der Waals surface area contributed by atoms with E-state index in [4.69, 9.17) is 9.16 Å². The number of ether oxygens (including phenoxy) is 1. The second-order valence-electron chi connectivity index (χ2n) is 9.45. The van der Waals surface area contributed by atoms with Gasteiger partial charge in [0.15, 0.2) is 0 Å². The van der Waals surface area contributed by atoms with Crippen molar-refractivity contribution >= 4 is 15.3 Å². The lowest BCUT2D eigenvalue weighted by Crippen LogP contribution is -2.28. The number of hydrogen-bond donors (Lipinski definition) is 1. The molecule has 6 heteroatoms. The van der Waals surface area contributed by atoms with Gasteiger partial charge in [-0.15, -0.1) is 0 Å². The molecule has 0 aromatic carbocycles. The average Bonchev–Trinajstić information content (AvgIpc) is 2.84. The average molecular weight is 472 g/mol. The van der Waals surface area contributed by atoms with Gasteiger partial charge in [-0.25, -0.2) is 4.98 Å². The van der Waals surface area contributed by atoms with Gasteiger partial charge in [0.25, 0.3) is 0 Å². The lowest BCUT2D eigenvalue weighted by Gasteiger charge is -2.19. The number of nitrogens with one attached hydrogen (secondary N) is 1. The van der Waals surface area contributed by atoms with Crippen molar-refractivity contribution in [1.82, 2.24) is 15.3 Å². The number of unbranched alkanes of at least 4 members (excludes halogenated alkanes) is 5. The minimum absolute atomic E-state index is 0.0695. The van der Waals surface area contributed by atoms with Crippen LogP contribution in [0.1, 0.15) is 97.6 Å². The molecule has 0 fully saturated rings. The van der Waals surface area contributed by atoms with Crippen LogP contribution in [0.15, 0.2) is 30.7 Å². The summed E-state index contributed by atoms with van der Waals surface area (Å²) < 4.78 is 11.9. The smallest absolute Gasteiger partial charge is 0.313 e. The fraction of sp³-hybridized carbons (Fsp3) is 0.704. The summed E-state index contributed by atoms with van der Waals surface area (Å²) in [5.74, 6) is 2.12. The molecule has 1 aliphatic rings. The van der Waals surface area contributed by atoms with Crippen LogP contribution < -0.4 is 9.74 Å². The van der Waals surface area contributed by atoms with Crippen LogP contribution in [0, 0.1) is 11.8 Å². The van der Waals surface area contributed by atoms with Crippen molar-refractivity contribution in [2.45, 2.75) is 104 Å². The first-order valence-corrected chi connectivity index (χ1v) is 14.2. The summed E-state index contributed by atoms with van der Waals surface area (Å²) in [4.78, 5) is 8.99. The number of nitrogens with zero attached hydrogens (tertiary/aromatic N) is 2. The monoisotopic (exact) mass is 471 g/mol. The summed E-state index contributed by atoms with van der Waals surface area (Å²) >= 11 is 0. The standard InChI is InChI=1S/C27H45N3O2Si/c1-5-7-9-10-11-17-31-26-16-15-24(18-29-26)25-19-28-20-27(30-25)32-33-21-23(4)14-13-22(3)12-8-6-2/h15-16,18-20,22-23,26,29H,5-14,17,21H2,1-4H3. The van der Waals surface area contributed by atoms with E-state index in [-0.39, 0.29) is 6.23 Å². The quantitative estimate of drug-likeness (QED) is 0.185. The molecule has 2 radical (unpaired) electrons. The fourth-order valence-corrected chi connectivity index (χ4v) is 4.63. The van der Waals surface area contributed by atoms with E-state index < -0.39 is 0 Å². The van der Waals surface area contributed by atoms with Crippen LogP contribution >= 0.6 is 0 Å². The van der Waals surface area contributed by atoms with Crippen LogP contribution in [-0.2, 0) is 4.74 Å². The highest BCUT2D eigenvalue weighted by molar-refractivity contribution is 6.28. The zero-order chi connectivity index (χ0) is 23.7. The van der Waals surface area contributed by atoms with Crippen molar-refractivity contribution in [2.75, 3.05) is 6.61 Å². The molecule has 33 heavy (non-hydrogen) atoms. The van der Waals surface area contributed by atoms with Gasteiger partial charge in [-0.2, -0.15) is 0 Å². The Balaban J connectivity index is 1.67. The minimum Gasteiger partial charge on any atom is -0.527 e. The van der Waals surface area contributed by atoms with Crippen molar-refractivity contribution < 1.29 is 9.16 Å². The highest BCUT2D eigenvalue weighted by atomic mass is 28.2. The van der Waals surface area contributed by atoms with Gasteiger partial charge in [0.2, 0.25) is 5.88 Å². The second-order valence-corrected chi connectivity index (χ2v) is 10.4. The molecule has 0 amide bonds. The summed E-state index contributed by atoms with van der Waals surface area (Å²) in [5.41, 5.74) is 1.81. The molecule has 3 unspecified atom stereocenters. The van der Waals surface area contributed by atoms with Crippen LogP contribution in [0.4, 0.5) is 0 Å². The SMILES string of the molecule is CCCCCCCOC1C=CC(c2cncc(O[Si]CC(C)CCC(C)CCCC)n2)=CN1. The Morgan fingerprint density at radius 1 is 0.970 bits per heavy atom. The lowest BCUT2D eigenvalue weighted by molar-refractivity contribution is 0.0682. The number of allylic oxidation sites excluding steroid dienone is 2. The molecule has 3 atom stereocenters. The van der Waals surface area contributed by atoms with Crippen LogP contribution in [-0.4, -0.2) is 32.6 Å². The highest BCUT2D eigenvalue weighted by Gasteiger charge is 2.12. The molecule has 1 aromatic rings. The molecular weight excluding hydrogens is 426 g/mol. The molecule has 2 rings (SSSR count). The third-order valence-electron chi connectivity index (χ3n) is 6.12. The third kappa shape index (κ3) is 11.9. The predicted molar refractivity (Wildman–Crippen MR) is 139 cm³/mol. The summed E-state index contributed by atoms with van der Waals surface area (Å²) in [6, 6.07) is 1.08. The molecule has 1 aliphatic heterocycles. The number of rotatable bonds is 18. The van der Waals surface area contributed by atoms with E-state index in [1.54, 1.807) is 12.4 Å². The van der Waals surface area contributed by atoms with Crippen molar-refractivity contribution in [1.29, 1.82) is 0 Å². The molecule has 1 N–H and O–H groups in total. The molecule has 0 aliphatic carbocycles. The van der Waals surface area contributed by atoms with Gasteiger partial charge in [0.1, 0.15) is 6.23 Å². The van der Waals surface area contributed by atoms with E-state index in [9.17, 15) is 0 Å². The van der Waals surface area contributed by atoms with Crippen molar-refractivity contribution in [2.24, 2.45) is 11.8 Å². The van der Waals surface area contributed by atoms with E-state index in [1.165, 1.54) is 57.8 Å². The molecule has 0 spiro atoms. The third-order valence-corrected chi connectivity index (χ3v) is 7.34. The Morgan fingerprint density at radius 2 is 1.76 bits per heavy atom. The van der Waals surface area contributed by atoms with Gasteiger partial charge in [-0.05, 0) is 30.4 Å². The molecule has 1 aromatic heterocycles.